The number of thioether (sulfide) groups is 1. The van der Waals surface area contributed by atoms with Crippen LogP contribution in [0.3, 0.4) is 0 Å². The number of amides is 1. The second-order valence-electron chi connectivity index (χ2n) is 7.36. The standard InChI is InChI=1S/C25H19Cl3N2O3S/c1-14-3-6-17(12-19(14)27)29-25-30-24(31)23(34-25)11-15-5-8-21(22(10-15)32-2)33-13-16-4-7-18(26)20(28)9-16/h3-12H,13H2,1-2H3,(H,29,30,31)/b23-11-. The molecule has 3 aromatic carbocycles. The molecule has 1 heterocycles. The van der Waals surface area contributed by atoms with Gasteiger partial charge < -0.3 is 14.8 Å². The topological polar surface area (TPSA) is 59.9 Å². The third-order valence-electron chi connectivity index (χ3n) is 4.90. The molecule has 0 atom stereocenters. The number of aliphatic imine (C=N–C) groups is 1. The van der Waals surface area contributed by atoms with Gasteiger partial charge in [0, 0.05) is 5.02 Å². The number of carbonyl (C=O) groups is 1. The smallest absolute Gasteiger partial charge is 0.264 e. The van der Waals surface area contributed by atoms with Gasteiger partial charge in [0.05, 0.1) is 27.7 Å². The Balaban J connectivity index is 1.48. The summed E-state index contributed by atoms with van der Waals surface area (Å²) in [5.74, 6) is 0.889. The van der Waals surface area contributed by atoms with Gasteiger partial charge in [-0.3, -0.25) is 4.79 Å². The molecule has 0 saturated carbocycles. The summed E-state index contributed by atoms with van der Waals surface area (Å²) in [5, 5.41) is 4.86. The average molecular weight is 534 g/mol. The van der Waals surface area contributed by atoms with Gasteiger partial charge in [-0.25, -0.2) is 4.99 Å². The Morgan fingerprint density at radius 3 is 2.53 bits per heavy atom. The molecule has 1 aliphatic rings. The van der Waals surface area contributed by atoms with Crippen LogP contribution in [0.4, 0.5) is 5.69 Å². The van der Waals surface area contributed by atoms with Crippen molar-refractivity contribution in [2.75, 3.05) is 7.11 Å². The van der Waals surface area contributed by atoms with Crippen molar-refractivity contribution in [3.8, 4) is 11.5 Å². The first kappa shape index (κ1) is 24.5. The third kappa shape index (κ3) is 5.88. The van der Waals surface area contributed by atoms with Gasteiger partial charge in [-0.2, -0.15) is 0 Å². The van der Waals surface area contributed by atoms with E-state index >= 15 is 0 Å². The minimum atomic E-state index is -0.221. The Labute approximate surface area is 216 Å². The largest absolute Gasteiger partial charge is 0.493 e. The highest BCUT2D eigenvalue weighted by molar-refractivity contribution is 8.18. The second-order valence-corrected chi connectivity index (χ2v) is 9.61. The molecule has 0 bridgehead atoms. The van der Waals surface area contributed by atoms with Crippen LogP contribution in [-0.2, 0) is 11.4 Å². The molecular formula is C25H19Cl3N2O3S. The van der Waals surface area contributed by atoms with Crippen molar-refractivity contribution < 1.29 is 14.3 Å². The van der Waals surface area contributed by atoms with Gasteiger partial charge in [0.1, 0.15) is 6.61 Å². The van der Waals surface area contributed by atoms with Gasteiger partial charge in [-0.15, -0.1) is 0 Å². The first-order chi connectivity index (χ1) is 16.3. The zero-order valence-corrected chi connectivity index (χ0v) is 21.3. The summed E-state index contributed by atoms with van der Waals surface area (Å²) >= 11 is 19.5. The Morgan fingerprint density at radius 1 is 0.971 bits per heavy atom. The maximum atomic E-state index is 12.4. The predicted octanol–water partition coefficient (Wildman–Crippen LogP) is 7.43. The summed E-state index contributed by atoms with van der Waals surface area (Å²) in [6.45, 7) is 2.22. The van der Waals surface area contributed by atoms with Crippen molar-refractivity contribution in [1.29, 1.82) is 0 Å². The fraction of sp³-hybridized carbons (Fsp3) is 0.120. The molecule has 9 heteroatoms. The average Bonchev–Trinajstić information content (AvgIpc) is 3.15. The van der Waals surface area contributed by atoms with Crippen molar-refractivity contribution in [2.24, 2.45) is 4.99 Å². The first-order valence-corrected chi connectivity index (χ1v) is 12.1. The normalized spacial score (nSPS) is 15.6. The molecule has 0 unspecified atom stereocenters. The molecule has 3 aromatic rings. The van der Waals surface area contributed by atoms with Crippen LogP contribution in [0.1, 0.15) is 16.7 Å². The number of ether oxygens (including phenoxy) is 2. The highest BCUT2D eigenvalue weighted by atomic mass is 35.5. The molecule has 0 aliphatic carbocycles. The number of halogens is 3. The van der Waals surface area contributed by atoms with E-state index in [1.807, 2.05) is 31.2 Å². The molecular weight excluding hydrogens is 515 g/mol. The molecule has 1 amide bonds. The van der Waals surface area contributed by atoms with Gasteiger partial charge in [-0.1, -0.05) is 53.0 Å². The number of amidine groups is 1. The van der Waals surface area contributed by atoms with E-state index in [1.54, 1.807) is 43.5 Å². The molecule has 1 N–H and O–H groups in total. The zero-order chi connectivity index (χ0) is 24.2. The molecule has 0 spiro atoms. The van der Waals surface area contributed by atoms with Crippen LogP contribution in [0.25, 0.3) is 6.08 Å². The lowest BCUT2D eigenvalue weighted by Gasteiger charge is -2.12. The van der Waals surface area contributed by atoms with Crippen molar-refractivity contribution in [2.45, 2.75) is 13.5 Å². The number of benzene rings is 3. The Morgan fingerprint density at radius 2 is 1.79 bits per heavy atom. The summed E-state index contributed by atoms with van der Waals surface area (Å²) < 4.78 is 11.4. The van der Waals surface area contributed by atoms with Crippen molar-refractivity contribution in [3.05, 3.63) is 91.3 Å². The van der Waals surface area contributed by atoms with Crippen molar-refractivity contribution in [3.63, 3.8) is 0 Å². The van der Waals surface area contributed by atoms with E-state index in [9.17, 15) is 4.79 Å². The van der Waals surface area contributed by atoms with Crippen molar-refractivity contribution in [1.82, 2.24) is 5.32 Å². The molecule has 1 saturated heterocycles. The fourth-order valence-electron chi connectivity index (χ4n) is 3.08. The molecule has 1 fully saturated rings. The SMILES string of the molecule is COc1cc(/C=C2\SC(=Nc3ccc(C)c(Cl)c3)NC2=O)ccc1OCc1ccc(Cl)c(Cl)c1. The third-order valence-corrected chi connectivity index (χ3v) is 6.96. The van der Waals surface area contributed by atoms with Gasteiger partial charge >= 0.3 is 0 Å². The number of methoxy groups -OCH3 is 1. The lowest BCUT2D eigenvalue weighted by Crippen LogP contribution is -2.19. The molecule has 174 valence electrons. The van der Waals surface area contributed by atoms with Crippen LogP contribution in [-0.4, -0.2) is 18.2 Å². The van der Waals surface area contributed by atoms with Gasteiger partial charge in [-0.05, 0) is 77.9 Å². The molecule has 0 aromatic heterocycles. The number of nitrogens with zero attached hydrogens (tertiary/aromatic N) is 1. The van der Waals surface area contributed by atoms with Crippen LogP contribution in [0, 0.1) is 6.92 Å². The summed E-state index contributed by atoms with van der Waals surface area (Å²) in [6, 6.07) is 16.3. The zero-order valence-electron chi connectivity index (χ0n) is 18.2. The van der Waals surface area contributed by atoms with E-state index in [4.69, 9.17) is 44.3 Å². The van der Waals surface area contributed by atoms with Crippen LogP contribution in [0.5, 0.6) is 11.5 Å². The molecule has 4 rings (SSSR count). The Kier molecular flexibility index (Phi) is 7.73. The Bertz CT molecular complexity index is 1320. The quantitative estimate of drug-likeness (QED) is 0.335. The molecule has 1 aliphatic heterocycles. The lowest BCUT2D eigenvalue weighted by molar-refractivity contribution is -0.115. The first-order valence-electron chi connectivity index (χ1n) is 10.1. The maximum absolute atomic E-state index is 12.4. The van der Waals surface area contributed by atoms with E-state index < -0.39 is 0 Å². The summed E-state index contributed by atoms with van der Waals surface area (Å²) in [7, 11) is 1.56. The van der Waals surface area contributed by atoms with E-state index in [2.05, 4.69) is 10.3 Å². The van der Waals surface area contributed by atoms with E-state index in [1.165, 1.54) is 11.8 Å². The number of nitrogens with one attached hydrogen (secondary N) is 1. The minimum absolute atomic E-state index is 0.221. The number of aryl methyl sites for hydroxylation is 1. The van der Waals surface area contributed by atoms with Gasteiger partial charge in [0.15, 0.2) is 16.7 Å². The highest BCUT2D eigenvalue weighted by Gasteiger charge is 2.24. The number of hydrogen-bond donors (Lipinski definition) is 1. The minimum Gasteiger partial charge on any atom is -0.493 e. The van der Waals surface area contributed by atoms with Gasteiger partial charge in [0.25, 0.3) is 5.91 Å². The summed E-state index contributed by atoms with van der Waals surface area (Å²) in [6.07, 6.45) is 1.77. The number of hydrogen-bond acceptors (Lipinski definition) is 5. The van der Waals surface area contributed by atoms with Crippen LogP contribution in [0.15, 0.2) is 64.5 Å². The Hall–Kier alpha value is -2.64. The fourth-order valence-corrected chi connectivity index (χ4v) is 4.42. The monoisotopic (exact) mass is 532 g/mol. The summed E-state index contributed by atoms with van der Waals surface area (Å²) in [4.78, 5) is 17.4. The molecule has 0 radical (unpaired) electrons. The van der Waals surface area contributed by atoms with E-state index in [0.29, 0.717) is 48.9 Å². The second kappa shape index (κ2) is 10.7. The number of carbonyl (C=O) groups excluding carboxylic acids is 1. The van der Waals surface area contributed by atoms with Crippen LogP contribution >= 0.6 is 46.6 Å². The van der Waals surface area contributed by atoms with E-state index in [0.717, 1.165) is 16.7 Å². The van der Waals surface area contributed by atoms with Crippen LogP contribution in [0.2, 0.25) is 15.1 Å². The van der Waals surface area contributed by atoms with Gasteiger partial charge in [0.2, 0.25) is 0 Å². The van der Waals surface area contributed by atoms with Crippen LogP contribution < -0.4 is 14.8 Å². The molecule has 34 heavy (non-hydrogen) atoms. The lowest BCUT2D eigenvalue weighted by atomic mass is 10.2. The maximum Gasteiger partial charge on any atom is 0.264 e. The predicted molar refractivity (Wildman–Crippen MR) is 141 cm³/mol. The molecule has 5 nitrogen and oxygen atoms in total. The number of rotatable bonds is 6. The van der Waals surface area contributed by atoms with Crippen molar-refractivity contribution >= 4 is 69.4 Å². The van der Waals surface area contributed by atoms with E-state index in [-0.39, 0.29) is 5.91 Å². The highest BCUT2D eigenvalue weighted by Crippen LogP contribution is 2.33. The summed E-state index contributed by atoms with van der Waals surface area (Å²) in [5.41, 5.74) is 3.30.